The highest BCUT2D eigenvalue weighted by molar-refractivity contribution is 9.10. The van der Waals surface area contributed by atoms with Gasteiger partial charge in [-0.2, -0.15) is 0 Å². The Balaban J connectivity index is 1.82. The Kier molecular flexibility index (Phi) is 5.85. The van der Waals surface area contributed by atoms with Crippen molar-refractivity contribution in [1.29, 1.82) is 0 Å². The van der Waals surface area contributed by atoms with Crippen molar-refractivity contribution in [1.82, 2.24) is 14.9 Å². The molecule has 30 heavy (non-hydrogen) atoms. The van der Waals surface area contributed by atoms with Crippen LogP contribution in [0.5, 0.6) is 5.75 Å². The Morgan fingerprint density at radius 3 is 2.63 bits per heavy atom. The number of aromatic hydroxyl groups is 1. The molecule has 8 heteroatoms. The van der Waals surface area contributed by atoms with E-state index >= 15 is 0 Å². The summed E-state index contributed by atoms with van der Waals surface area (Å²) in [7, 11) is 0. The number of hydrogen-bond donors (Lipinski definition) is 2. The molecule has 1 saturated carbocycles. The van der Waals surface area contributed by atoms with Gasteiger partial charge in [-0.05, 0) is 52.5 Å². The molecule has 0 radical (unpaired) electrons. The fraction of sp³-hybridized carbons (Fsp3) is 0.318. The van der Waals surface area contributed by atoms with Crippen molar-refractivity contribution in [2.45, 2.75) is 44.7 Å². The first-order valence-corrected chi connectivity index (χ1v) is 10.7. The molecule has 2 heterocycles. The molecular weight excluding hydrogens is 453 g/mol. The minimum atomic E-state index is -0.632. The molecule has 1 amide bonds. The van der Waals surface area contributed by atoms with Gasteiger partial charge in [0.15, 0.2) is 0 Å². The summed E-state index contributed by atoms with van der Waals surface area (Å²) in [6.45, 7) is 0.0915. The van der Waals surface area contributed by atoms with Gasteiger partial charge in [-0.1, -0.05) is 31.4 Å². The van der Waals surface area contributed by atoms with E-state index in [0.717, 1.165) is 32.1 Å². The fourth-order valence-electron chi connectivity index (χ4n) is 3.92. The topological polar surface area (TPSA) is 84.2 Å². The molecule has 1 aliphatic carbocycles. The van der Waals surface area contributed by atoms with Gasteiger partial charge in [0.1, 0.15) is 22.8 Å². The first kappa shape index (κ1) is 20.5. The number of rotatable bonds is 4. The van der Waals surface area contributed by atoms with E-state index in [1.165, 1.54) is 22.9 Å². The molecule has 2 aromatic heterocycles. The number of amides is 1. The van der Waals surface area contributed by atoms with Crippen molar-refractivity contribution in [3.63, 3.8) is 0 Å². The third kappa shape index (κ3) is 4.09. The Morgan fingerprint density at radius 2 is 1.93 bits per heavy atom. The van der Waals surface area contributed by atoms with Gasteiger partial charge >= 0.3 is 0 Å². The highest BCUT2D eigenvalue weighted by atomic mass is 79.9. The predicted molar refractivity (Wildman–Crippen MR) is 115 cm³/mol. The smallest absolute Gasteiger partial charge is 0.269 e. The monoisotopic (exact) mass is 473 g/mol. The maximum Gasteiger partial charge on any atom is 0.269 e. The summed E-state index contributed by atoms with van der Waals surface area (Å²) in [5, 5.41) is 14.0. The van der Waals surface area contributed by atoms with E-state index in [-0.39, 0.29) is 35.4 Å². The normalized spacial score (nSPS) is 14.7. The molecule has 1 aliphatic rings. The third-order valence-corrected chi connectivity index (χ3v) is 5.89. The van der Waals surface area contributed by atoms with E-state index in [1.54, 1.807) is 18.2 Å². The fourth-order valence-corrected chi connectivity index (χ4v) is 4.25. The van der Waals surface area contributed by atoms with E-state index < -0.39 is 11.5 Å². The first-order valence-electron chi connectivity index (χ1n) is 9.90. The molecule has 1 fully saturated rings. The molecule has 0 bridgehead atoms. The standard InChI is InChI=1S/C22H21BrFN3O3/c23-14-10-17-19(28)18(21(29)26-16-4-2-1-3-5-16)22(30)27(20(17)25-11-14)12-13-6-8-15(24)9-7-13/h6-11,16,28H,1-5,12H2,(H,26,29). The lowest BCUT2D eigenvalue weighted by Gasteiger charge is -2.23. The Bertz CT molecular complexity index is 1150. The van der Waals surface area contributed by atoms with Gasteiger partial charge in [0.2, 0.25) is 0 Å². The van der Waals surface area contributed by atoms with Crippen LogP contribution in [-0.4, -0.2) is 26.6 Å². The van der Waals surface area contributed by atoms with Crippen LogP contribution in [0.4, 0.5) is 4.39 Å². The Labute approximate surface area is 180 Å². The summed E-state index contributed by atoms with van der Waals surface area (Å²) in [5.41, 5.74) is -0.00405. The minimum absolute atomic E-state index is 0.00747. The molecule has 2 N–H and O–H groups in total. The van der Waals surface area contributed by atoms with Crippen molar-refractivity contribution in [3.8, 4) is 5.75 Å². The second kappa shape index (κ2) is 8.55. The highest BCUT2D eigenvalue weighted by Gasteiger charge is 2.25. The van der Waals surface area contributed by atoms with E-state index in [2.05, 4.69) is 26.2 Å². The molecule has 156 valence electrons. The zero-order valence-corrected chi connectivity index (χ0v) is 17.8. The number of benzene rings is 1. The summed E-state index contributed by atoms with van der Waals surface area (Å²) in [4.78, 5) is 30.5. The molecule has 4 rings (SSSR count). The van der Waals surface area contributed by atoms with Gasteiger partial charge in [-0.25, -0.2) is 9.37 Å². The van der Waals surface area contributed by atoms with Gasteiger partial charge in [-0.3, -0.25) is 14.2 Å². The first-order chi connectivity index (χ1) is 14.4. The van der Waals surface area contributed by atoms with Crippen LogP contribution in [0.15, 0.2) is 45.8 Å². The molecule has 0 unspecified atom stereocenters. The lowest BCUT2D eigenvalue weighted by molar-refractivity contribution is 0.0923. The van der Waals surface area contributed by atoms with Crippen molar-refractivity contribution < 1.29 is 14.3 Å². The molecular formula is C22H21BrFN3O3. The maximum atomic E-state index is 13.3. The van der Waals surface area contributed by atoms with Crippen LogP contribution in [-0.2, 0) is 6.54 Å². The van der Waals surface area contributed by atoms with Crippen LogP contribution in [0.2, 0.25) is 0 Å². The summed E-state index contributed by atoms with van der Waals surface area (Å²) >= 11 is 3.32. The molecule has 0 atom stereocenters. The van der Waals surface area contributed by atoms with Gasteiger partial charge < -0.3 is 10.4 Å². The SMILES string of the molecule is O=C(NC1CCCCC1)c1c(O)c2cc(Br)cnc2n(Cc2ccc(F)cc2)c1=O. The van der Waals surface area contributed by atoms with Gasteiger partial charge in [0.25, 0.3) is 11.5 Å². The van der Waals surface area contributed by atoms with Crippen molar-refractivity contribution in [2.24, 2.45) is 0 Å². The van der Waals surface area contributed by atoms with Crippen molar-refractivity contribution in [2.75, 3.05) is 0 Å². The van der Waals surface area contributed by atoms with Crippen LogP contribution in [0.25, 0.3) is 11.0 Å². The summed E-state index contributed by atoms with van der Waals surface area (Å²) in [6.07, 6.45) is 6.43. The van der Waals surface area contributed by atoms with Gasteiger partial charge in [-0.15, -0.1) is 0 Å². The zero-order chi connectivity index (χ0) is 21.3. The Morgan fingerprint density at radius 1 is 1.23 bits per heavy atom. The van der Waals surface area contributed by atoms with E-state index in [1.807, 2.05) is 0 Å². The van der Waals surface area contributed by atoms with Crippen LogP contribution in [0, 0.1) is 5.82 Å². The number of carbonyl (C=O) groups excluding carboxylic acids is 1. The third-order valence-electron chi connectivity index (χ3n) is 5.46. The molecule has 1 aromatic carbocycles. The van der Waals surface area contributed by atoms with Gasteiger partial charge in [0, 0.05) is 16.7 Å². The Hall–Kier alpha value is -2.74. The van der Waals surface area contributed by atoms with Gasteiger partial charge in [0.05, 0.1) is 11.9 Å². The molecule has 0 aliphatic heterocycles. The number of halogens is 2. The number of carbonyl (C=O) groups is 1. The van der Waals surface area contributed by atoms with Crippen molar-refractivity contribution in [3.05, 3.63) is 68.3 Å². The van der Waals surface area contributed by atoms with Crippen LogP contribution >= 0.6 is 15.9 Å². The number of nitrogens with one attached hydrogen (secondary N) is 1. The lowest BCUT2D eigenvalue weighted by atomic mass is 9.95. The minimum Gasteiger partial charge on any atom is -0.506 e. The summed E-state index contributed by atoms with van der Waals surface area (Å²) in [5.74, 6) is -1.34. The molecule has 0 saturated heterocycles. The zero-order valence-electron chi connectivity index (χ0n) is 16.2. The predicted octanol–water partition coefficient (Wildman–Crippen LogP) is 4.11. The average molecular weight is 474 g/mol. The number of fused-ring (bicyclic) bond motifs is 1. The average Bonchev–Trinajstić information content (AvgIpc) is 2.73. The summed E-state index contributed by atoms with van der Waals surface area (Å²) in [6, 6.07) is 7.37. The van der Waals surface area contributed by atoms with E-state index in [0.29, 0.717) is 15.4 Å². The number of pyridine rings is 2. The van der Waals surface area contributed by atoms with Crippen LogP contribution in [0.1, 0.15) is 48.0 Å². The quantitative estimate of drug-likeness (QED) is 0.596. The lowest BCUT2D eigenvalue weighted by Crippen LogP contribution is -2.40. The number of nitrogens with zero attached hydrogens (tertiary/aromatic N) is 2. The van der Waals surface area contributed by atoms with E-state index in [9.17, 15) is 19.1 Å². The van der Waals surface area contributed by atoms with Crippen LogP contribution in [0.3, 0.4) is 0 Å². The summed E-state index contributed by atoms with van der Waals surface area (Å²) < 4.78 is 15.2. The maximum absolute atomic E-state index is 13.3. The second-order valence-electron chi connectivity index (χ2n) is 7.57. The molecule has 3 aromatic rings. The highest BCUT2D eigenvalue weighted by Crippen LogP contribution is 2.28. The number of aromatic nitrogens is 2. The van der Waals surface area contributed by atoms with E-state index in [4.69, 9.17) is 0 Å². The second-order valence-corrected chi connectivity index (χ2v) is 8.49. The molecule has 6 nitrogen and oxygen atoms in total. The van der Waals surface area contributed by atoms with Crippen molar-refractivity contribution >= 4 is 32.9 Å². The largest absolute Gasteiger partial charge is 0.506 e. The number of hydrogen-bond acceptors (Lipinski definition) is 4. The molecule has 0 spiro atoms. The van der Waals surface area contributed by atoms with Crippen LogP contribution < -0.4 is 10.9 Å².